The Morgan fingerprint density at radius 1 is 0.938 bits per heavy atom. The number of ether oxygens (including phenoxy) is 1. The van der Waals surface area contributed by atoms with Crippen LogP contribution in [-0.4, -0.2) is 33.2 Å². The summed E-state index contributed by atoms with van der Waals surface area (Å²) in [6.45, 7) is 3.15. The highest BCUT2D eigenvalue weighted by Crippen LogP contribution is 2.34. The monoisotopic (exact) mass is 507 g/mol. The van der Waals surface area contributed by atoms with Gasteiger partial charge in [0.15, 0.2) is 11.4 Å². The van der Waals surface area contributed by atoms with Crippen LogP contribution in [0.4, 0.5) is 36.8 Å². The van der Waals surface area contributed by atoms with E-state index in [1.165, 1.54) is 0 Å². The topological polar surface area (TPSA) is 101 Å². The van der Waals surface area contributed by atoms with Crippen molar-refractivity contribution in [1.29, 1.82) is 0 Å². The largest absolute Gasteiger partial charge is 0.478 e. The Morgan fingerprint density at radius 2 is 1.41 bits per heavy atom. The van der Waals surface area contributed by atoms with Crippen LogP contribution in [0.2, 0.25) is 10.3 Å². The molecule has 0 saturated carbocycles. The molecule has 0 aliphatic carbocycles. The summed E-state index contributed by atoms with van der Waals surface area (Å²) in [5.41, 5.74) is -4.17. The zero-order valence-electron chi connectivity index (χ0n) is 16.0. The molecule has 2 heterocycles. The van der Waals surface area contributed by atoms with E-state index in [0.29, 0.717) is 0 Å². The van der Waals surface area contributed by atoms with Gasteiger partial charge in [-0.3, -0.25) is 5.32 Å². The zero-order chi connectivity index (χ0) is 24.9. The maximum Gasteiger partial charge on any atom is 0.435 e. The predicted molar refractivity (Wildman–Crippen MR) is 101 cm³/mol. The second kappa shape index (κ2) is 10.7. The van der Waals surface area contributed by atoms with Crippen molar-refractivity contribution in [2.75, 3.05) is 5.32 Å². The summed E-state index contributed by atoms with van der Waals surface area (Å²) in [5, 5.41) is 9.69. The second-order valence-corrected chi connectivity index (χ2v) is 6.71. The fourth-order valence-corrected chi connectivity index (χ4v) is 2.22. The number of nitrogens with one attached hydrogen (secondary N) is 1. The van der Waals surface area contributed by atoms with Gasteiger partial charge in [-0.05, 0) is 38.1 Å². The first-order valence-corrected chi connectivity index (χ1v) is 8.96. The van der Waals surface area contributed by atoms with Gasteiger partial charge >= 0.3 is 24.4 Å². The number of alkyl halides is 6. The molecule has 0 radical (unpaired) electrons. The number of rotatable bonds is 3. The van der Waals surface area contributed by atoms with E-state index in [1.807, 2.05) is 5.32 Å². The molecule has 0 saturated heterocycles. The lowest BCUT2D eigenvalue weighted by Crippen LogP contribution is -2.21. The molecule has 0 fully saturated rings. The van der Waals surface area contributed by atoms with Gasteiger partial charge in [-0.2, -0.15) is 26.3 Å². The lowest BCUT2D eigenvalue weighted by molar-refractivity contribution is -0.142. The second-order valence-electron chi connectivity index (χ2n) is 5.94. The fraction of sp³-hybridized carbons (Fsp3) is 0.294. The minimum absolute atomic E-state index is 0.315. The van der Waals surface area contributed by atoms with Crippen molar-refractivity contribution in [3.05, 3.63) is 51.5 Å². The van der Waals surface area contributed by atoms with Gasteiger partial charge < -0.3 is 9.84 Å². The van der Waals surface area contributed by atoms with Crippen molar-refractivity contribution in [3.63, 3.8) is 0 Å². The molecule has 15 heteroatoms. The van der Waals surface area contributed by atoms with Gasteiger partial charge in [0, 0.05) is 0 Å². The van der Waals surface area contributed by atoms with Crippen molar-refractivity contribution in [2.45, 2.75) is 32.3 Å². The first kappa shape index (κ1) is 27.2. The first-order valence-electron chi connectivity index (χ1n) is 8.20. The van der Waals surface area contributed by atoms with Gasteiger partial charge in [0.25, 0.3) is 0 Å². The van der Waals surface area contributed by atoms with Crippen LogP contribution in [0, 0.1) is 0 Å². The maximum absolute atomic E-state index is 12.6. The van der Waals surface area contributed by atoms with E-state index in [-0.39, 0.29) is 5.15 Å². The number of hydrogen-bond acceptors (Lipinski definition) is 5. The van der Waals surface area contributed by atoms with Crippen LogP contribution in [0.3, 0.4) is 0 Å². The van der Waals surface area contributed by atoms with E-state index in [4.69, 9.17) is 28.3 Å². The van der Waals surface area contributed by atoms with E-state index < -0.39 is 58.3 Å². The molecule has 2 rings (SSSR count). The van der Waals surface area contributed by atoms with E-state index in [1.54, 1.807) is 13.8 Å². The number of aromatic carboxylic acids is 1. The average molecular weight is 508 g/mol. The van der Waals surface area contributed by atoms with Crippen LogP contribution >= 0.6 is 23.2 Å². The Bertz CT molecular complexity index is 984. The highest BCUT2D eigenvalue weighted by Gasteiger charge is 2.38. The third-order valence-corrected chi connectivity index (χ3v) is 3.49. The molecule has 2 aromatic rings. The Labute approximate surface area is 186 Å². The molecule has 1 amide bonds. The number of amides is 1. The summed E-state index contributed by atoms with van der Waals surface area (Å²) < 4.78 is 79.2. The van der Waals surface area contributed by atoms with Gasteiger partial charge in [-0.1, -0.05) is 23.2 Å². The van der Waals surface area contributed by atoms with Crippen LogP contribution in [0.1, 0.15) is 35.6 Å². The van der Waals surface area contributed by atoms with E-state index in [0.717, 1.165) is 24.3 Å². The maximum atomic E-state index is 12.6. The summed E-state index contributed by atoms with van der Waals surface area (Å²) in [7, 11) is 0. The summed E-state index contributed by atoms with van der Waals surface area (Å²) in [6.07, 6.45) is -11.0. The molecule has 0 bridgehead atoms. The molecule has 0 aliphatic heterocycles. The molecule has 0 aromatic carbocycles. The molecule has 176 valence electrons. The van der Waals surface area contributed by atoms with Gasteiger partial charge in [-0.15, -0.1) is 0 Å². The standard InChI is InChI=1S/C10H10ClF3N2O2.C7H3ClF3NO2/c1-5(2)18-9(17)15-6-3-4-7(11)16-8(6)10(12,13)14;8-4-2-1-3(6(13)14)5(12-4)7(9,10)11/h3-5H,1-2H3,(H,15,17);1-2H,(H,13,14). The Balaban J connectivity index is 0.000000330. The molecule has 0 atom stereocenters. The number of carbonyl (C=O) groups excluding carboxylic acids is 1. The van der Waals surface area contributed by atoms with Crippen molar-refractivity contribution in [3.8, 4) is 0 Å². The number of aromatic nitrogens is 2. The number of carboxylic acids is 1. The van der Waals surface area contributed by atoms with E-state index in [9.17, 15) is 35.9 Å². The summed E-state index contributed by atoms with van der Waals surface area (Å²) >= 11 is 10.6. The first-order chi connectivity index (χ1) is 14.5. The fourth-order valence-electron chi connectivity index (χ4n) is 1.93. The summed E-state index contributed by atoms with van der Waals surface area (Å²) in [4.78, 5) is 27.7. The number of hydrogen-bond donors (Lipinski definition) is 2. The highest BCUT2D eigenvalue weighted by atomic mass is 35.5. The smallest absolute Gasteiger partial charge is 0.435 e. The molecule has 0 aliphatic rings. The number of carboxylic acid groups (broad SMARTS) is 1. The Morgan fingerprint density at radius 3 is 1.84 bits per heavy atom. The molecule has 2 N–H and O–H groups in total. The highest BCUT2D eigenvalue weighted by molar-refractivity contribution is 6.29. The third kappa shape index (κ3) is 8.38. The van der Waals surface area contributed by atoms with Crippen LogP contribution in [0.5, 0.6) is 0 Å². The van der Waals surface area contributed by atoms with Gasteiger partial charge in [0.2, 0.25) is 0 Å². The van der Waals surface area contributed by atoms with E-state index in [2.05, 4.69) is 14.7 Å². The molecular weight excluding hydrogens is 495 g/mol. The lowest BCUT2D eigenvalue weighted by atomic mass is 10.2. The van der Waals surface area contributed by atoms with Gasteiger partial charge in [-0.25, -0.2) is 19.6 Å². The number of pyridine rings is 2. The van der Waals surface area contributed by atoms with Crippen molar-refractivity contribution in [2.24, 2.45) is 0 Å². The molecule has 0 spiro atoms. The molecule has 7 nitrogen and oxygen atoms in total. The molecule has 0 unspecified atom stereocenters. The minimum Gasteiger partial charge on any atom is -0.478 e. The van der Waals surface area contributed by atoms with E-state index >= 15 is 0 Å². The Kier molecular flexibility index (Phi) is 9.09. The van der Waals surface area contributed by atoms with Crippen LogP contribution in [0.15, 0.2) is 24.3 Å². The van der Waals surface area contributed by atoms with Crippen LogP contribution < -0.4 is 5.32 Å². The molecular formula is C17H13Cl2F6N3O4. The van der Waals surface area contributed by atoms with Crippen molar-refractivity contribution >= 4 is 41.0 Å². The summed E-state index contributed by atoms with van der Waals surface area (Å²) in [6, 6.07) is 3.91. The zero-order valence-corrected chi connectivity index (χ0v) is 17.5. The van der Waals surface area contributed by atoms with Gasteiger partial charge in [0.05, 0.1) is 17.4 Å². The number of nitrogens with zero attached hydrogens (tertiary/aromatic N) is 2. The molecule has 2 aromatic heterocycles. The quantitative estimate of drug-likeness (QED) is 0.381. The Hall–Kier alpha value is -2.80. The van der Waals surface area contributed by atoms with Gasteiger partial charge in [0.1, 0.15) is 10.3 Å². The average Bonchev–Trinajstić information content (AvgIpc) is 2.61. The SMILES string of the molecule is CC(C)OC(=O)Nc1ccc(Cl)nc1C(F)(F)F.O=C(O)c1ccc(Cl)nc1C(F)(F)F. The third-order valence-electron chi connectivity index (χ3n) is 3.07. The summed E-state index contributed by atoms with van der Waals surface area (Å²) in [5.74, 6) is -1.69. The molecule has 32 heavy (non-hydrogen) atoms. The number of carbonyl (C=O) groups is 2. The number of anilines is 1. The van der Waals surface area contributed by atoms with Crippen molar-refractivity contribution < 1.29 is 45.8 Å². The lowest BCUT2D eigenvalue weighted by Gasteiger charge is -2.14. The van der Waals surface area contributed by atoms with Crippen LogP contribution in [0.25, 0.3) is 0 Å². The normalized spacial score (nSPS) is 11.5. The predicted octanol–water partition coefficient (Wildman–Crippen LogP) is 6.16. The van der Waals surface area contributed by atoms with Crippen LogP contribution in [-0.2, 0) is 17.1 Å². The number of halogens is 8. The van der Waals surface area contributed by atoms with Crippen molar-refractivity contribution in [1.82, 2.24) is 9.97 Å². The minimum atomic E-state index is -4.82.